The third-order valence-corrected chi connectivity index (χ3v) is 6.65. The molecule has 0 fully saturated rings. The summed E-state index contributed by atoms with van der Waals surface area (Å²) < 4.78 is 0. The maximum Gasteiger partial charge on any atom is -0.0169 e. The molecular formula is C34H62. The van der Waals surface area contributed by atoms with E-state index in [9.17, 15) is 0 Å². The lowest BCUT2D eigenvalue weighted by atomic mass is 10.0. The van der Waals surface area contributed by atoms with Gasteiger partial charge in [0.1, 0.15) is 0 Å². The molecule has 0 unspecified atom stereocenters. The molecule has 0 atom stereocenters. The summed E-state index contributed by atoms with van der Waals surface area (Å²) in [4.78, 5) is 0. The second kappa shape index (κ2) is 32.0. The number of rotatable bonds is 27. The molecule has 0 radical (unpaired) electrons. The highest BCUT2D eigenvalue weighted by atomic mass is 14.0. The van der Waals surface area contributed by atoms with Crippen LogP contribution in [0.5, 0.6) is 0 Å². The summed E-state index contributed by atoms with van der Waals surface area (Å²) in [5.41, 5.74) is 0. The van der Waals surface area contributed by atoms with E-state index in [1.165, 1.54) is 141 Å². The maximum absolute atomic E-state index is 2.39. The Morgan fingerprint density at radius 3 is 0.765 bits per heavy atom. The van der Waals surface area contributed by atoms with Gasteiger partial charge >= 0.3 is 0 Å². The molecular weight excluding hydrogens is 408 g/mol. The Morgan fingerprint density at radius 2 is 0.500 bits per heavy atom. The van der Waals surface area contributed by atoms with Gasteiger partial charge in [-0.3, -0.25) is 0 Å². The van der Waals surface area contributed by atoms with E-state index < -0.39 is 0 Å². The smallest absolute Gasteiger partial charge is 0.0169 e. The fourth-order valence-electron chi connectivity index (χ4n) is 4.33. The summed E-state index contributed by atoms with van der Waals surface area (Å²) in [6, 6.07) is 0. The average molecular weight is 471 g/mol. The van der Waals surface area contributed by atoms with Crippen LogP contribution in [0, 0.1) is 0 Å². The quantitative estimate of drug-likeness (QED) is 0.0826. The van der Waals surface area contributed by atoms with Crippen LogP contribution in [-0.2, 0) is 0 Å². The molecule has 0 nitrogen and oxygen atoms in total. The molecule has 0 aromatic rings. The molecule has 0 saturated heterocycles. The summed E-state index contributed by atoms with van der Waals surface area (Å²) >= 11 is 0. The first-order valence-corrected chi connectivity index (χ1v) is 15.5. The Hall–Kier alpha value is -1.04. The van der Waals surface area contributed by atoms with Crippen molar-refractivity contribution in [1.29, 1.82) is 0 Å². The number of unbranched alkanes of at least 4 members (excludes halogenated alkanes) is 19. The van der Waals surface area contributed by atoms with Crippen LogP contribution in [0.1, 0.15) is 168 Å². The number of hydrogen-bond donors (Lipinski definition) is 0. The van der Waals surface area contributed by atoms with Gasteiger partial charge in [0.15, 0.2) is 0 Å². The van der Waals surface area contributed by atoms with Gasteiger partial charge in [-0.2, -0.15) is 0 Å². The van der Waals surface area contributed by atoms with Crippen molar-refractivity contribution in [2.24, 2.45) is 0 Å². The molecule has 0 aliphatic carbocycles. The van der Waals surface area contributed by atoms with E-state index in [-0.39, 0.29) is 0 Å². The molecule has 0 spiro atoms. The first-order chi connectivity index (χ1) is 16.9. The van der Waals surface area contributed by atoms with Gasteiger partial charge in [-0.25, -0.2) is 0 Å². The Kier molecular flexibility index (Phi) is 31.0. The fourth-order valence-corrected chi connectivity index (χ4v) is 4.33. The van der Waals surface area contributed by atoms with Gasteiger partial charge in [-0.1, -0.05) is 152 Å². The Morgan fingerprint density at radius 1 is 0.265 bits per heavy atom. The molecule has 0 aromatic heterocycles. The predicted octanol–water partition coefficient (Wildman–Crippen LogP) is 12.6. The second-order valence-corrected chi connectivity index (χ2v) is 10.2. The SMILES string of the molecule is CCCCC/C=C/C/C=C/CCCCCCCCCCCCCC/C=C/C/C=C/CCCCC. The van der Waals surface area contributed by atoms with Crippen LogP contribution in [-0.4, -0.2) is 0 Å². The van der Waals surface area contributed by atoms with Crippen molar-refractivity contribution < 1.29 is 0 Å². The van der Waals surface area contributed by atoms with Gasteiger partial charge in [-0.15, -0.1) is 0 Å². The molecule has 0 rings (SSSR count). The van der Waals surface area contributed by atoms with Crippen LogP contribution in [0.4, 0.5) is 0 Å². The largest absolute Gasteiger partial charge is 0.0882 e. The van der Waals surface area contributed by atoms with Crippen molar-refractivity contribution in [2.45, 2.75) is 168 Å². The average Bonchev–Trinajstić information content (AvgIpc) is 2.85. The first kappa shape index (κ1) is 33.0. The lowest BCUT2D eigenvalue weighted by Crippen LogP contribution is -1.83. The third kappa shape index (κ3) is 31.0. The minimum absolute atomic E-state index is 1.13. The van der Waals surface area contributed by atoms with Gasteiger partial charge < -0.3 is 0 Å². The van der Waals surface area contributed by atoms with E-state index in [0.717, 1.165) is 12.8 Å². The first-order valence-electron chi connectivity index (χ1n) is 15.5. The van der Waals surface area contributed by atoms with E-state index in [4.69, 9.17) is 0 Å². The second-order valence-electron chi connectivity index (χ2n) is 10.2. The van der Waals surface area contributed by atoms with E-state index in [1.54, 1.807) is 0 Å². The highest BCUT2D eigenvalue weighted by molar-refractivity contribution is 4.93. The molecule has 198 valence electrons. The van der Waals surface area contributed by atoms with Crippen molar-refractivity contribution >= 4 is 0 Å². The lowest BCUT2D eigenvalue weighted by Gasteiger charge is -2.02. The zero-order valence-electron chi connectivity index (χ0n) is 23.6. The summed E-state index contributed by atoms with van der Waals surface area (Å²) in [6.45, 7) is 4.54. The van der Waals surface area contributed by atoms with Crippen molar-refractivity contribution in [2.75, 3.05) is 0 Å². The molecule has 34 heavy (non-hydrogen) atoms. The molecule has 0 amide bonds. The number of hydrogen-bond acceptors (Lipinski definition) is 0. The maximum atomic E-state index is 2.39. The molecule has 0 saturated carbocycles. The third-order valence-electron chi connectivity index (χ3n) is 6.65. The van der Waals surface area contributed by atoms with Gasteiger partial charge in [-0.05, 0) is 64.2 Å². The summed E-state index contributed by atoms with van der Waals surface area (Å²) in [6.07, 6.45) is 51.5. The van der Waals surface area contributed by atoms with Gasteiger partial charge in [0.25, 0.3) is 0 Å². The normalized spacial score (nSPS) is 12.4. The molecule has 0 N–H and O–H groups in total. The van der Waals surface area contributed by atoms with E-state index in [0.29, 0.717) is 0 Å². The highest BCUT2D eigenvalue weighted by Crippen LogP contribution is 2.13. The van der Waals surface area contributed by atoms with Crippen molar-refractivity contribution in [1.82, 2.24) is 0 Å². The van der Waals surface area contributed by atoms with E-state index in [1.807, 2.05) is 0 Å². The zero-order chi connectivity index (χ0) is 24.6. The van der Waals surface area contributed by atoms with Crippen LogP contribution in [0.3, 0.4) is 0 Å². The Labute approximate surface area is 216 Å². The predicted molar refractivity (Wildman–Crippen MR) is 159 cm³/mol. The summed E-state index contributed by atoms with van der Waals surface area (Å²) in [5.74, 6) is 0. The van der Waals surface area contributed by atoms with Gasteiger partial charge in [0, 0.05) is 0 Å². The zero-order valence-corrected chi connectivity index (χ0v) is 23.6. The van der Waals surface area contributed by atoms with Crippen LogP contribution in [0.25, 0.3) is 0 Å². The van der Waals surface area contributed by atoms with Gasteiger partial charge in [0.2, 0.25) is 0 Å². The molecule has 0 heterocycles. The standard InChI is InChI=1S/C34H62/c1-3-5-7-9-11-13-15-17-19-21-23-25-27-29-31-33-34-32-30-28-26-24-22-20-18-16-14-12-10-8-6-4-2/h11-14,17-20H,3-10,15-16,21-34H2,1-2H3/b13-11+,14-12+,19-17+,20-18+. The minimum Gasteiger partial charge on any atom is -0.0882 e. The summed E-state index contributed by atoms with van der Waals surface area (Å²) in [5, 5.41) is 0. The minimum atomic E-state index is 1.13. The van der Waals surface area contributed by atoms with Crippen molar-refractivity contribution in [3.05, 3.63) is 48.6 Å². The van der Waals surface area contributed by atoms with E-state index in [2.05, 4.69) is 62.5 Å². The van der Waals surface area contributed by atoms with Gasteiger partial charge in [0.05, 0.1) is 0 Å². The molecule has 0 heteroatoms. The van der Waals surface area contributed by atoms with Crippen molar-refractivity contribution in [3.63, 3.8) is 0 Å². The van der Waals surface area contributed by atoms with Crippen LogP contribution in [0.15, 0.2) is 48.6 Å². The highest BCUT2D eigenvalue weighted by Gasteiger charge is 1.93. The molecule has 0 aliphatic heterocycles. The number of allylic oxidation sites excluding steroid dienone is 8. The fraction of sp³-hybridized carbons (Fsp3) is 0.765. The van der Waals surface area contributed by atoms with Crippen LogP contribution < -0.4 is 0 Å². The lowest BCUT2D eigenvalue weighted by molar-refractivity contribution is 0.542. The van der Waals surface area contributed by atoms with Crippen molar-refractivity contribution in [3.8, 4) is 0 Å². The molecule has 0 aliphatic rings. The summed E-state index contributed by atoms with van der Waals surface area (Å²) in [7, 11) is 0. The Balaban J connectivity index is 3.17. The monoisotopic (exact) mass is 470 g/mol. The topological polar surface area (TPSA) is 0 Å². The van der Waals surface area contributed by atoms with Crippen LogP contribution >= 0.6 is 0 Å². The molecule has 0 bridgehead atoms. The van der Waals surface area contributed by atoms with E-state index >= 15 is 0 Å². The Bertz CT molecular complexity index is 420. The molecule has 0 aromatic carbocycles. The van der Waals surface area contributed by atoms with Crippen LogP contribution in [0.2, 0.25) is 0 Å².